The van der Waals surface area contributed by atoms with E-state index in [1.165, 1.54) is 22.5 Å². The predicted molar refractivity (Wildman–Crippen MR) is 104 cm³/mol. The van der Waals surface area contributed by atoms with Crippen LogP contribution in [0.25, 0.3) is 0 Å². The Morgan fingerprint density at radius 3 is 2.48 bits per heavy atom. The maximum Gasteiger partial charge on any atom is 0.262 e. The SMILES string of the molecule is O=C(COc1ccc(Br)cc1)Nc1cc(S(=O)(=O)N2CCCC2)ccc1O. The molecule has 2 N–H and O–H groups in total. The van der Waals surface area contributed by atoms with Gasteiger partial charge in [0, 0.05) is 17.6 Å². The average molecular weight is 455 g/mol. The number of halogens is 1. The summed E-state index contributed by atoms with van der Waals surface area (Å²) in [6, 6.07) is 10.8. The van der Waals surface area contributed by atoms with E-state index in [0.29, 0.717) is 18.8 Å². The second-order valence-electron chi connectivity index (χ2n) is 6.08. The third-order valence-corrected chi connectivity index (χ3v) is 6.55. The number of phenolic OH excluding ortho intramolecular Hbond substituents is 1. The second-order valence-corrected chi connectivity index (χ2v) is 8.93. The Hall–Kier alpha value is -2.10. The van der Waals surface area contributed by atoms with E-state index in [9.17, 15) is 18.3 Å². The molecule has 0 radical (unpaired) electrons. The van der Waals surface area contributed by atoms with Crippen molar-refractivity contribution >= 4 is 37.5 Å². The molecule has 27 heavy (non-hydrogen) atoms. The van der Waals surface area contributed by atoms with Gasteiger partial charge in [-0.15, -0.1) is 0 Å². The van der Waals surface area contributed by atoms with Gasteiger partial charge in [0.15, 0.2) is 6.61 Å². The van der Waals surface area contributed by atoms with Gasteiger partial charge in [0.1, 0.15) is 11.5 Å². The van der Waals surface area contributed by atoms with Crippen LogP contribution < -0.4 is 10.1 Å². The molecule has 0 atom stereocenters. The molecule has 1 amide bonds. The minimum absolute atomic E-state index is 0.0275. The number of hydrogen-bond donors (Lipinski definition) is 2. The van der Waals surface area contributed by atoms with Crippen LogP contribution in [0.1, 0.15) is 12.8 Å². The molecule has 0 spiro atoms. The molecule has 0 saturated carbocycles. The first-order valence-corrected chi connectivity index (χ1v) is 10.6. The molecule has 1 saturated heterocycles. The fourth-order valence-corrected chi connectivity index (χ4v) is 4.53. The van der Waals surface area contributed by atoms with Gasteiger partial charge in [0.25, 0.3) is 5.91 Å². The molecule has 1 aliphatic rings. The van der Waals surface area contributed by atoms with Gasteiger partial charge < -0.3 is 15.2 Å². The number of ether oxygens (including phenoxy) is 1. The predicted octanol–water partition coefficient (Wildman–Crippen LogP) is 2.96. The van der Waals surface area contributed by atoms with Crippen LogP contribution in [0.2, 0.25) is 0 Å². The Balaban J connectivity index is 1.68. The van der Waals surface area contributed by atoms with Crippen LogP contribution in [0.5, 0.6) is 11.5 Å². The van der Waals surface area contributed by atoms with E-state index in [2.05, 4.69) is 21.2 Å². The molecule has 0 unspecified atom stereocenters. The summed E-state index contributed by atoms with van der Waals surface area (Å²) in [4.78, 5) is 12.1. The first kappa shape index (κ1) is 19.7. The summed E-state index contributed by atoms with van der Waals surface area (Å²) in [6.45, 7) is 0.683. The number of hydrogen-bond acceptors (Lipinski definition) is 5. The summed E-state index contributed by atoms with van der Waals surface area (Å²) in [5.41, 5.74) is 0.0275. The molecule has 144 valence electrons. The molecule has 0 bridgehead atoms. The van der Waals surface area contributed by atoms with Gasteiger partial charge in [-0.05, 0) is 55.3 Å². The van der Waals surface area contributed by atoms with Gasteiger partial charge in [-0.3, -0.25) is 4.79 Å². The Morgan fingerprint density at radius 2 is 1.81 bits per heavy atom. The number of amides is 1. The number of nitrogens with one attached hydrogen (secondary N) is 1. The standard InChI is InChI=1S/C18H19BrN2O5S/c19-13-3-5-14(6-4-13)26-12-18(23)20-16-11-15(7-8-17(16)22)27(24,25)21-9-1-2-10-21/h3-8,11,22H,1-2,9-10,12H2,(H,20,23). The minimum Gasteiger partial charge on any atom is -0.506 e. The third-order valence-electron chi connectivity index (χ3n) is 4.13. The lowest BCUT2D eigenvalue weighted by molar-refractivity contribution is -0.118. The lowest BCUT2D eigenvalue weighted by atomic mass is 10.3. The van der Waals surface area contributed by atoms with Gasteiger partial charge in [0.2, 0.25) is 10.0 Å². The zero-order chi connectivity index (χ0) is 19.4. The Labute approximate surface area is 166 Å². The second kappa shape index (κ2) is 8.28. The molecule has 0 aromatic heterocycles. The van der Waals surface area contributed by atoms with Crippen molar-refractivity contribution in [3.05, 3.63) is 46.9 Å². The van der Waals surface area contributed by atoms with E-state index in [0.717, 1.165) is 17.3 Å². The van der Waals surface area contributed by atoms with Crippen molar-refractivity contribution in [1.29, 1.82) is 0 Å². The number of nitrogens with zero attached hydrogens (tertiary/aromatic N) is 1. The Bertz CT molecular complexity index is 925. The molecule has 0 aliphatic carbocycles. The van der Waals surface area contributed by atoms with Crippen LogP contribution in [-0.4, -0.2) is 43.4 Å². The zero-order valence-electron chi connectivity index (χ0n) is 14.4. The van der Waals surface area contributed by atoms with Crippen LogP contribution in [0.15, 0.2) is 51.8 Å². The monoisotopic (exact) mass is 454 g/mol. The van der Waals surface area contributed by atoms with E-state index < -0.39 is 15.9 Å². The van der Waals surface area contributed by atoms with Crippen molar-refractivity contribution in [2.24, 2.45) is 0 Å². The van der Waals surface area contributed by atoms with Crippen LogP contribution in [0, 0.1) is 0 Å². The topological polar surface area (TPSA) is 95.9 Å². The highest BCUT2D eigenvalue weighted by Crippen LogP contribution is 2.29. The summed E-state index contributed by atoms with van der Waals surface area (Å²) in [7, 11) is -3.64. The Morgan fingerprint density at radius 1 is 1.15 bits per heavy atom. The van der Waals surface area contributed by atoms with E-state index in [4.69, 9.17) is 4.74 Å². The highest BCUT2D eigenvalue weighted by molar-refractivity contribution is 9.10. The van der Waals surface area contributed by atoms with Gasteiger partial charge in [-0.1, -0.05) is 15.9 Å². The molecule has 1 heterocycles. The third kappa shape index (κ3) is 4.79. The summed E-state index contributed by atoms with van der Waals surface area (Å²) in [6.07, 6.45) is 1.66. The summed E-state index contributed by atoms with van der Waals surface area (Å²) in [5.74, 6) is -0.209. The fourth-order valence-electron chi connectivity index (χ4n) is 2.72. The van der Waals surface area contributed by atoms with Crippen LogP contribution >= 0.6 is 15.9 Å². The summed E-state index contributed by atoms with van der Waals surface area (Å²) >= 11 is 3.31. The Kier molecular flexibility index (Phi) is 6.03. The first-order valence-electron chi connectivity index (χ1n) is 8.37. The maximum atomic E-state index is 12.6. The van der Waals surface area contributed by atoms with Gasteiger partial charge in [0.05, 0.1) is 10.6 Å². The highest BCUT2D eigenvalue weighted by Gasteiger charge is 2.27. The number of benzene rings is 2. The quantitative estimate of drug-likeness (QED) is 0.654. The number of rotatable bonds is 6. The molecule has 3 rings (SSSR count). The molecule has 1 aliphatic heterocycles. The smallest absolute Gasteiger partial charge is 0.262 e. The van der Waals surface area contributed by atoms with Crippen molar-refractivity contribution in [1.82, 2.24) is 4.31 Å². The number of phenols is 1. The number of carbonyl (C=O) groups excluding carboxylic acids is 1. The van der Waals surface area contributed by atoms with Crippen LogP contribution in [0.4, 0.5) is 5.69 Å². The number of aromatic hydroxyl groups is 1. The molecular weight excluding hydrogens is 436 g/mol. The number of sulfonamides is 1. The first-order chi connectivity index (χ1) is 12.9. The van der Waals surface area contributed by atoms with Crippen LogP contribution in [-0.2, 0) is 14.8 Å². The zero-order valence-corrected chi connectivity index (χ0v) is 16.8. The van der Waals surface area contributed by atoms with Gasteiger partial charge in [-0.25, -0.2) is 8.42 Å². The summed E-state index contributed by atoms with van der Waals surface area (Å²) < 4.78 is 32.9. The average Bonchev–Trinajstić information content (AvgIpc) is 3.18. The number of anilines is 1. The van der Waals surface area contributed by atoms with Crippen molar-refractivity contribution < 1.29 is 23.1 Å². The largest absolute Gasteiger partial charge is 0.506 e. The molecule has 9 heteroatoms. The number of carbonyl (C=O) groups is 1. The molecule has 2 aromatic carbocycles. The van der Waals surface area contributed by atoms with E-state index in [-0.39, 0.29) is 22.9 Å². The highest BCUT2D eigenvalue weighted by atomic mass is 79.9. The lowest BCUT2D eigenvalue weighted by Gasteiger charge is -2.16. The van der Waals surface area contributed by atoms with E-state index in [1.54, 1.807) is 24.3 Å². The van der Waals surface area contributed by atoms with Gasteiger partial charge >= 0.3 is 0 Å². The summed E-state index contributed by atoms with van der Waals surface area (Å²) in [5, 5.41) is 12.5. The van der Waals surface area contributed by atoms with E-state index >= 15 is 0 Å². The fraction of sp³-hybridized carbons (Fsp3) is 0.278. The normalized spacial score (nSPS) is 14.9. The molecule has 1 fully saturated rings. The van der Waals surface area contributed by atoms with Crippen molar-refractivity contribution in [3.63, 3.8) is 0 Å². The van der Waals surface area contributed by atoms with Crippen molar-refractivity contribution in [3.8, 4) is 11.5 Å². The van der Waals surface area contributed by atoms with Crippen molar-refractivity contribution in [2.75, 3.05) is 25.0 Å². The van der Waals surface area contributed by atoms with Crippen LogP contribution in [0.3, 0.4) is 0 Å². The molecule has 7 nitrogen and oxygen atoms in total. The van der Waals surface area contributed by atoms with Gasteiger partial charge in [-0.2, -0.15) is 4.31 Å². The lowest BCUT2D eigenvalue weighted by Crippen LogP contribution is -2.28. The minimum atomic E-state index is -3.64. The maximum absolute atomic E-state index is 12.6. The van der Waals surface area contributed by atoms with E-state index in [1.807, 2.05) is 0 Å². The van der Waals surface area contributed by atoms with Crippen molar-refractivity contribution in [2.45, 2.75) is 17.7 Å². The molecule has 2 aromatic rings. The molecular formula is C18H19BrN2O5S.